The minimum atomic E-state index is -0.408. The van der Waals surface area contributed by atoms with Crippen LogP contribution in [0.3, 0.4) is 0 Å². The summed E-state index contributed by atoms with van der Waals surface area (Å²) in [6.07, 6.45) is 0.946. The number of allylic oxidation sites excluding steroid dienone is 1. The van der Waals surface area contributed by atoms with Gasteiger partial charge in [0.1, 0.15) is 23.1 Å². The molecule has 7 nitrogen and oxygen atoms in total. The Bertz CT molecular complexity index is 1130. The Balaban J connectivity index is 1.77. The second-order valence-corrected chi connectivity index (χ2v) is 7.12. The van der Waals surface area contributed by atoms with Crippen molar-refractivity contribution in [3.8, 4) is 34.7 Å². The minimum Gasteiger partial charge on any atom is -0.494 e. The van der Waals surface area contributed by atoms with E-state index in [1.807, 2.05) is 55.5 Å². The third-order valence-electron chi connectivity index (χ3n) is 5.08. The number of aromatic nitrogens is 2. The summed E-state index contributed by atoms with van der Waals surface area (Å²) in [5, 5.41) is 17.2. The predicted octanol–water partition coefficient (Wildman–Crippen LogP) is 4.48. The van der Waals surface area contributed by atoms with Crippen molar-refractivity contribution in [3.63, 3.8) is 0 Å². The van der Waals surface area contributed by atoms with Gasteiger partial charge in [-0.05, 0) is 55.3 Å². The molecule has 1 atom stereocenters. The topological polar surface area (TPSA) is 106 Å². The SMILES string of the molecule is CCCOc1ccc(-c2[nH]nc3c2[C@H](c2ccc(OCC)cc2)C(C#N)=C(N)O3)cc1. The number of nitrogens with one attached hydrogen (secondary N) is 1. The van der Waals surface area contributed by atoms with E-state index in [1.165, 1.54) is 0 Å². The summed E-state index contributed by atoms with van der Waals surface area (Å²) in [5.74, 6) is 1.60. The summed E-state index contributed by atoms with van der Waals surface area (Å²) in [7, 11) is 0. The molecule has 0 fully saturated rings. The van der Waals surface area contributed by atoms with Gasteiger partial charge in [0.25, 0.3) is 0 Å². The van der Waals surface area contributed by atoms with Crippen LogP contribution >= 0.6 is 0 Å². The molecule has 158 valence electrons. The maximum atomic E-state index is 9.84. The van der Waals surface area contributed by atoms with Gasteiger partial charge >= 0.3 is 0 Å². The first-order valence-corrected chi connectivity index (χ1v) is 10.3. The number of fused-ring (bicyclic) bond motifs is 1. The molecular formula is C24H24N4O3. The van der Waals surface area contributed by atoms with Gasteiger partial charge < -0.3 is 19.9 Å². The van der Waals surface area contributed by atoms with Gasteiger partial charge in [-0.3, -0.25) is 5.10 Å². The molecule has 4 rings (SSSR count). The molecule has 7 heteroatoms. The quantitative estimate of drug-likeness (QED) is 0.588. The van der Waals surface area contributed by atoms with Crippen LogP contribution in [-0.4, -0.2) is 23.4 Å². The lowest BCUT2D eigenvalue weighted by molar-refractivity contribution is 0.317. The highest BCUT2D eigenvalue weighted by Crippen LogP contribution is 2.45. The molecule has 1 aliphatic rings. The van der Waals surface area contributed by atoms with E-state index in [-0.39, 0.29) is 5.88 Å². The van der Waals surface area contributed by atoms with Gasteiger partial charge in [0.15, 0.2) is 0 Å². The monoisotopic (exact) mass is 416 g/mol. The number of benzene rings is 2. The second kappa shape index (κ2) is 8.84. The van der Waals surface area contributed by atoms with Crippen molar-refractivity contribution < 1.29 is 14.2 Å². The van der Waals surface area contributed by atoms with Crippen molar-refractivity contribution in [1.82, 2.24) is 10.2 Å². The fourth-order valence-corrected chi connectivity index (χ4v) is 3.66. The first-order valence-electron chi connectivity index (χ1n) is 10.3. The summed E-state index contributed by atoms with van der Waals surface area (Å²) < 4.78 is 16.9. The first-order chi connectivity index (χ1) is 15.2. The Hall–Kier alpha value is -3.92. The largest absolute Gasteiger partial charge is 0.494 e. The number of rotatable bonds is 7. The Morgan fingerprint density at radius 1 is 1.06 bits per heavy atom. The smallest absolute Gasteiger partial charge is 0.244 e. The van der Waals surface area contributed by atoms with E-state index in [4.69, 9.17) is 19.9 Å². The molecule has 0 saturated carbocycles. The molecule has 2 aromatic carbocycles. The van der Waals surface area contributed by atoms with Crippen LogP contribution in [0.15, 0.2) is 60.0 Å². The van der Waals surface area contributed by atoms with Crippen LogP contribution < -0.4 is 19.9 Å². The molecule has 0 aliphatic carbocycles. The number of nitrogens with two attached hydrogens (primary N) is 1. The number of aromatic amines is 1. The molecule has 2 heterocycles. The van der Waals surface area contributed by atoms with Gasteiger partial charge in [0.05, 0.1) is 30.4 Å². The van der Waals surface area contributed by atoms with E-state index in [1.54, 1.807) is 0 Å². The lowest BCUT2D eigenvalue weighted by Gasteiger charge is -2.24. The van der Waals surface area contributed by atoms with E-state index in [9.17, 15) is 5.26 Å². The van der Waals surface area contributed by atoms with Gasteiger partial charge in [-0.25, -0.2) is 0 Å². The molecule has 0 saturated heterocycles. The number of nitrogens with zero attached hydrogens (tertiary/aromatic N) is 2. The molecule has 0 amide bonds. The second-order valence-electron chi connectivity index (χ2n) is 7.12. The van der Waals surface area contributed by atoms with Crippen LogP contribution in [0.25, 0.3) is 11.3 Å². The number of ether oxygens (including phenoxy) is 3. The summed E-state index contributed by atoms with van der Waals surface area (Å²) in [6.45, 7) is 5.26. The highest BCUT2D eigenvalue weighted by atomic mass is 16.5. The third-order valence-corrected chi connectivity index (χ3v) is 5.08. The van der Waals surface area contributed by atoms with E-state index < -0.39 is 5.92 Å². The number of H-pyrrole nitrogens is 1. The third kappa shape index (κ3) is 3.92. The molecule has 31 heavy (non-hydrogen) atoms. The maximum absolute atomic E-state index is 9.84. The molecule has 0 spiro atoms. The highest BCUT2D eigenvalue weighted by molar-refractivity contribution is 5.71. The van der Waals surface area contributed by atoms with Crippen molar-refractivity contribution in [2.75, 3.05) is 13.2 Å². The Morgan fingerprint density at radius 2 is 1.74 bits per heavy atom. The van der Waals surface area contributed by atoms with Gasteiger partial charge in [0, 0.05) is 5.56 Å². The Labute approximate surface area is 181 Å². The summed E-state index contributed by atoms with van der Waals surface area (Å²) in [5.41, 5.74) is 9.78. The summed E-state index contributed by atoms with van der Waals surface area (Å²) in [4.78, 5) is 0. The number of hydrogen-bond donors (Lipinski definition) is 2. The molecule has 0 bridgehead atoms. The van der Waals surface area contributed by atoms with Gasteiger partial charge in [-0.15, -0.1) is 5.10 Å². The van der Waals surface area contributed by atoms with Crippen molar-refractivity contribution in [2.24, 2.45) is 5.73 Å². The number of nitriles is 1. The molecule has 3 N–H and O–H groups in total. The van der Waals surface area contributed by atoms with Crippen molar-refractivity contribution >= 4 is 0 Å². The van der Waals surface area contributed by atoms with E-state index >= 15 is 0 Å². The average molecular weight is 416 g/mol. The van der Waals surface area contributed by atoms with Gasteiger partial charge in [-0.1, -0.05) is 19.1 Å². The normalized spacial score (nSPS) is 15.1. The zero-order valence-electron chi connectivity index (χ0n) is 17.5. The van der Waals surface area contributed by atoms with E-state index in [0.717, 1.165) is 40.3 Å². The fraction of sp³-hybridized carbons (Fsp3) is 0.250. The van der Waals surface area contributed by atoms with E-state index in [0.29, 0.717) is 24.7 Å². The van der Waals surface area contributed by atoms with Crippen LogP contribution in [0.2, 0.25) is 0 Å². The minimum absolute atomic E-state index is 0.0650. The molecule has 0 radical (unpaired) electrons. The average Bonchev–Trinajstić information content (AvgIpc) is 3.21. The maximum Gasteiger partial charge on any atom is 0.244 e. The van der Waals surface area contributed by atoms with Crippen molar-refractivity contribution in [1.29, 1.82) is 5.26 Å². The summed E-state index contributed by atoms with van der Waals surface area (Å²) >= 11 is 0. The van der Waals surface area contributed by atoms with Gasteiger partial charge in [0.2, 0.25) is 11.8 Å². The Kier molecular flexibility index (Phi) is 5.80. The fourth-order valence-electron chi connectivity index (χ4n) is 3.66. The lowest BCUT2D eigenvalue weighted by Crippen LogP contribution is -2.21. The van der Waals surface area contributed by atoms with Crippen molar-refractivity contribution in [2.45, 2.75) is 26.2 Å². The zero-order chi connectivity index (χ0) is 21.8. The van der Waals surface area contributed by atoms with Crippen LogP contribution in [0.4, 0.5) is 0 Å². The Morgan fingerprint density at radius 3 is 2.39 bits per heavy atom. The molecular weight excluding hydrogens is 392 g/mol. The standard InChI is InChI=1S/C24H24N4O3/c1-3-13-30-18-11-7-16(8-12-18)22-21-20(15-5-9-17(10-6-15)29-4-2)19(14-25)23(26)31-24(21)28-27-22/h5-12,20H,3-4,13,26H2,1-2H3,(H,27,28)/t20-/m1/s1. The first kappa shape index (κ1) is 20.4. The van der Waals surface area contributed by atoms with Crippen LogP contribution in [0, 0.1) is 11.3 Å². The summed E-state index contributed by atoms with van der Waals surface area (Å²) in [6, 6.07) is 17.6. The molecule has 3 aromatic rings. The van der Waals surface area contributed by atoms with Crippen LogP contribution in [0.5, 0.6) is 17.4 Å². The van der Waals surface area contributed by atoms with Gasteiger partial charge in [-0.2, -0.15) is 5.26 Å². The highest BCUT2D eigenvalue weighted by Gasteiger charge is 2.35. The van der Waals surface area contributed by atoms with Crippen LogP contribution in [-0.2, 0) is 0 Å². The van der Waals surface area contributed by atoms with Crippen molar-refractivity contribution in [3.05, 3.63) is 71.1 Å². The lowest BCUT2D eigenvalue weighted by atomic mass is 9.83. The molecule has 1 aliphatic heterocycles. The zero-order valence-corrected chi connectivity index (χ0v) is 17.5. The number of hydrogen-bond acceptors (Lipinski definition) is 6. The van der Waals surface area contributed by atoms with Crippen LogP contribution in [0.1, 0.15) is 37.3 Å². The molecule has 0 unspecified atom stereocenters. The molecule has 1 aromatic heterocycles. The predicted molar refractivity (Wildman–Crippen MR) is 117 cm³/mol. The van der Waals surface area contributed by atoms with E-state index in [2.05, 4.69) is 23.2 Å².